The Kier molecular flexibility index (Phi) is 7.28. The van der Waals surface area contributed by atoms with Gasteiger partial charge in [-0.1, -0.05) is 0 Å². The van der Waals surface area contributed by atoms with Crippen molar-refractivity contribution in [3.8, 4) is 28.7 Å². The summed E-state index contributed by atoms with van der Waals surface area (Å²) in [6.07, 6.45) is 5.12. The SMILES string of the molecule is COc1ccc(OC)c(C2CCCN2C(=O)/C=C/c2cc(OC)c(OC)c(OC)c2)c1. The van der Waals surface area contributed by atoms with E-state index in [1.807, 2.05) is 23.1 Å². The minimum atomic E-state index is -0.0684. The monoisotopic (exact) mass is 427 g/mol. The van der Waals surface area contributed by atoms with Gasteiger partial charge in [0.25, 0.3) is 0 Å². The maximum absolute atomic E-state index is 13.1. The fraction of sp³-hybridized carbons (Fsp3) is 0.375. The third kappa shape index (κ3) is 4.71. The molecule has 3 rings (SSSR count). The molecule has 166 valence electrons. The zero-order chi connectivity index (χ0) is 22.4. The Bertz CT molecular complexity index is 930. The Hall–Kier alpha value is -3.35. The van der Waals surface area contributed by atoms with E-state index in [9.17, 15) is 4.79 Å². The number of hydrogen-bond acceptors (Lipinski definition) is 6. The fourth-order valence-electron chi connectivity index (χ4n) is 3.91. The number of ether oxygens (including phenoxy) is 5. The summed E-state index contributed by atoms with van der Waals surface area (Å²) < 4.78 is 27.0. The number of nitrogens with zero attached hydrogens (tertiary/aromatic N) is 1. The molecule has 0 saturated carbocycles. The number of carbonyl (C=O) groups excluding carboxylic acids is 1. The number of carbonyl (C=O) groups is 1. The third-order valence-corrected chi connectivity index (χ3v) is 5.44. The Labute approximate surface area is 183 Å². The largest absolute Gasteiger partial charge is 0.497 e. The molecule has 1 atom stereocenters. The van der Waals surface area contributed by atoms with E-state index in [-0.39, 0.29) is 11.9 Å². The quantitative estimate of drug-likeness (QED) is 0.591. The van der Waals surface area contributed by atoms with Crippen LogP contribution >= 0.6 is 0 Å². The molecular formula is C24H29NO6. The van der Waals surface area contributed by atoms with Crippen molar-refractivity contribution in [1.82, 2.24) is 4.90 Å². The van der Waals surface area contributed by atoms with Crippen molar-refractivity contribution in [3.05, 3.63) is 47.5 Å². The van der Waals surface area contributed by atoms with E-state index in [0.29, 0.717) is 23.8 Å². The molecule has 2 aromatic rings. The molecule has 1 unspecified atom stereocenters. The highest BCUT2D eigenvalue weighted by Crippen LogP contribution is 2.40. The van der Waals surface area contributed by atoms with E-state index in [4.69, 9.17) is 23.7 Å². The summed E-state index contributed by atoms with van der Waals surface area (Å²) in [7, 11) is 7.94. The summed E-state index contributed by atoms with van der Waals surface area (Å²) in [6.45, 7) is 0.684. The Morgan fingerprint density at radius 1 is 0.903 bits per heavy atom. The minimum absolute atomic E-state index is 0.0675. The highest BCUT2D eigenvalue weighted by Gasteiger charge is 2.31. The first-order chi connectivity index (χ1) is 15.1. The number of methoxy groups -OCH3 is 5. The molecule has 31 heavy (non-hydrogen) atoms. The lowest BCUT2D eigenvalue weighted by Gasteiger charge is -2.25. The molecule has 0 N–H and O–H groups in total. The predicted molar refractivity (Wildman–Crippen MR) is 118 cm³/mol. The van der Waals surface area contributed by atoms with Crippen LogP contribution in [-0.2, 0) is 4.79 Å². The van der Waals surface area contributed by atoms with Crippen molar-refractivity contribution in [2.24, 2.45) is 0 Å². The summed E-state index contributed by atoms with van der Waals surface area (Å²) in [5.41, 5.74) is 1.73. The number of amides is 1. The molecule has 1 aliphatic heterocycles. The summed E-state index contributed by atoms with van der Waals surface area (Å²) in [4.78, 5) is 14.9. The van der Waals surface area contributed by atoms with Gasteiger partial charge in [-0.2, -0.15) is 0 Å². The topological polar surface area (TPSA) is 66.5 Å². The van der Waals surface area contributed by atoms with Gasteiger partial charge in [0.05, 0.1) is 41.6 Å². The van der Waals surface area contributed by atoms with Crippen LogP contribution in [-0.4, -0.2) is 52.9 Å². The molecular weight excluding hydrogens is 398 g/mol. The van der Waals surface area contributed by atoms with E-state index in [0.717, 1.165) is 35.5 Å². The van der Waals surface area contributed by atoms with E-state index >= 15 is 0 Å². The van der Waals surface area contributed by atoms with Gasteiger partial charge in [-0.3, -0.25) is 4.79 Å². The molecule has 1 fully saturated rings. The lowest BCUT2D eigenvalue weighted by Crippen LogP contribution is -2.29. The number of benzene rings is 2. The van der Waals surface area contributed by atoms with Gasteiger partial charge < -0.3 is 28.6 Å². The Morgan fingerprint density at radius 2 is 1.58 bits per heavy atom. The Balaban J connectivity index is 1.86. The zero-order valence-corrected chi connectivity index (χ0v) is 18.6. The number of rotatable bonds is 8. The molecule has 1 heterocycles. The molecule has 0 radical (unpaired) electrons. The van der Waals surface area contributed by atoms with Crippen molar-refractivity contribution in [2.45, 2.75) is 18.9 Å². The molecule has 1 aliphatic rings. The third-order valence-electron chi connectivity index (χ3n) is 5.44. The standard InChI is InChI=1S/C24H29NO6/c1-27-17-9-10-20(28-2)18(15-17)19-7-6-12-25(19)23(26)11-8-16-13-21(29-3)24(31-5)22(14-16)30-4/h8-11,13-15,19H,6-7,12H2,1-5H3/b11-8+. The van der Waals surface area contributed by atoms with Crippen molar-refractivity contribution in [1.29, 1.82) is 0 Å². The number of hydrogen-bond donors (Lipinski definition) is 0. The van der Waals surface area contributed by atoms with Gasteiger partial charge >= 0.3 is 0 Å². The van der Waals surface area contributed by atoms with E-state index in [2.05, 4.69) is 0 Å². The van der Waals surface area contributed by atoms with Gasteiger partial charge in [-0.15, -0.1) is 0 Å². The van der Waals surface area contributed by atoms with E-state index in [1.165, 1.54) is 0 Å². The lowest BCUT2D eigenvalue weighted by molar-refractivity contribution is -0.126. The van der Waals surface area contributed by atoms with Crippen LogP contribution in [0, 0.1) is 0 Å². The molecule has 1 saturated heterocycles. The first-order valence-corrected chi connectivity index (χ1v) is 10.1. The van der Waals surface area contributed by atoms with Crippen LogP contribution in [0.1, 0.15) is 30.0 Å². The molecule has 0 spiro atoms. The van der Waals surface area contributed by atoms with Crippen molar-refractivity contribution < 1.29 is 28.5 Å². The van der Waals surface area contributed by atoms with Crippen LogP contribution in [0.2, 0.25) is 0 Å². The van der Waals surface area contributed by atoms with Gasteiger partial charge in [0.1, 0.15) is 11.5 Å². The zero-order valence-electron chi connectivity index (χ0n) is 18.6. The molecule has 0 bridgehead atoms. The summed E-state index contributed by atoms with van der Waals surface area (Å²) in [5.74, 6) is 3.00. The predicted octanol–water partition coefficient (Wildman–Crippen LogP) is 4.11. The van der Waals surface area contributed by atoms with Crippen molar-refractivity contribution >= 4 is 12.0 Å². The average molecular weight is 427 g/mol. The first kappa shape index (κ1) is 22.3. The average Bonchev–Trinajstić information content (AvgIpc) is 3.31. The van der Waals surface area contributed by atoms with Gasteiger partial charge in [-0.25, -0.2) is 0 Å². The fourth-order valence-corrected chi connectivity index (χ4v) is 3.91. The van der Waals surface area contributed by atoms with Gasteiger partial charge in [-0.05, 0) is 54.8 Å². The molecule has 1 amide bonds. The normalized spacial score (nSPS) is 15.8. The second-order valence-corrected chi connectivity index (χ2v) is 7.09. The van der Waals surface area contributed by atoms with Gasteiger partial charge in [0, 0.05) is 18.2 Å². The highest BCUT2D eigenvalue weighted by atomic mass is 16.5. The van der Waals surface area contributed by atoms with Gasteiger partial charge in [0.15, 0.2) is 11.5 Å². The molecule has 0 aromatic heterocycles. The number of likely N-dealkylation sites (tertiary alicyclic amines) is 1. The minimum Gasteiger partial charge on any atom is -0.497 e. The van der Waals surface area contributed by atoms with Crippen LogP contribution < -0.4 is 23.7 Å². The smallest absolute Gasteiger partial charge is 0.247 e. The van der Waals surface area contributed by atoms with E-state index < -0.39 is 0 Å². The summed E-state index contributed by atoms with van der Waals surface area (Å²) in [5, 5.41) is 0. The molecule has 2 aromatic carbocycles. The van der Waals surface area contributed by atoms with Crippen LogP contribution in [0.25, 0.3) is 6.08 Å². The van der Waals surface area contributed by atoms with Crippen LogP contribution in [0.5, 0.6) is 28.7 Å². The Morgan fingerprint density at radius 3 is 2.16 bits per heavy atom. The molecule has 7 nitrogen and oxygen atoms in total. The van der Waals surface area contributed by atoms with E-state index in [1.54, 1.807) is 59.8 Å². The first-order valence-electron chi connectivity index (χ1n) is 10.1. The van der Waals surface area contributed by atoms with Crippen LogP contribution in [0.3, 0.4) is 0 Å². The van der Waals surface area contributed by atoms with Crippen LogP contribution in [0.4, 0.5) is 0 Å². The maximum atomic E-state index is 13.1. The van der Waals surface area contributed by atoms with Crippen molar-refractivity contribution in [3.63, 3.8) is 0 Å². The molecule has 7 heteroatoms. The highest BCUT2D eigenvalue weighted by molar-refractivity contribution is 5.92. The summed E-state index contributed by atoms with van der Waals surface area (Å²) in [6, 6.07) is 9.21. The van der Waals surface area contributed by atoms with Crippen LogP contribution in [0.15, 0.2) is 36.4 Å². The molecule has 0 aliphatic carbocycles. The lowest BCUT2D eigenvalue weighted by atomic mass is 10.0. The van der Waals surface area contributed by atoms with Gasteiger partial charge in [0.2, 0.25) is 11.7 Å². The van der Waals surface area contributed by atoms with Crippen molar-refractivity contribution in [2.75, 3.05) is 42.1 Å². The maximum Gasteiger partial charge on any atom is 0.247 e. The second kappa shape index (κ2) is 10.1. The summed E-state index contributed by atoms with van der Waals surface area (Å²) >= 11 is 0. The second-order valence-electron chi connectivity index (χ2n) is 7.09.